The van der Waals surface area contributed by atoms with Gasteiger partial charge in [0.05, 0.1) is 10.5 Å². The lowest BCUT2D eigenvalue weighted by Crippen LogP contribution is -2.34. The van der Waals surface area contributed by atoms with Gasteiger partial charge in [-0.1, -0.05) is 6.92 Å². The summed E-state index contributed by atoms with van der Waals surface area (Å²) in [5.41, 5.74) is 0.919. The minimum absolute atomic E-state index is 0.0627. The molecule has 1 N–H and O–H groups in total. The number of non-ortho nitro benzene ring substituents is 1. The number of nitrogens with one attached hydrogen (secondary N) is 1. The van der Waals surface area contributed by atoms with Crippen LogP contribution in [0.3, 0.4) is 0 Å². The minimum Gasteiger partial charge on any atom is -0.387 e. The van der Waals surface area contributed by atoms with Gasteiger partial charge in [0.25, 0.3) is 11.6 Å². The summed E-state index contributed by atoms with van der Waals surface area (Å²) in [7, 11) is 1.70. The van der Waals surface area contributed by atoms with Crippen molar-refractivity contribution < 1.29 is 9.72 Å². The molecule has 0 aromatic heterocycles. The first-order valence-corrected chi connectivity index (χ1v) is 6.71. The Kier molecular flexibility index (Phi) is 3.92. The molecular weight excluding hydrogens is 258 g/mol. The summed E-state index contributed by atoms with van der Waals surface area (Å²) in [5, 5.41) is 13.8. The van der Waals surface area contributed by atoms with E-state index in [9.17, 15) is 14.9 Å². The van der Waals surface area contributed by atoms with Crippen molar-refractivity contribution in [2.75, 3.05) is 18.9 Å². The third-order valence-electron chi connectivity index (χ3n) is 3.76. The summed E-state index contributed by atoms with van der Waals surface area (Å²) in [5.74, 6) is 0.320. The Hall–Kier alpha value is -2.11. The van der Waals surface area contributed by atoms with Gasteiger partial charge in [-0.25, -0.2) is 0 Å². The predicted octanol–water partition coefficient (Wildman–Crippen LogP) is 2.51. The Balaban J connectivity index is 2.37. The van der Waals surface area contributed by atoms with Gasteiger partial charge in [0, 0.05) is 37.5 Å². The SMILES string of the molecule is CNc1ccc([N+](=O)[O-])cc1C(=O)N1CC(C)CC1C. The second-order valence-electron chi connectivity index (χ2n) is 5.38. The zero-order valence-corrected chi connectivity index (χ0v) is 11.9. The predicted molar refractivity (Wildman–Crippen MR) is 76.9 cm³/mol. The number of hydrogen-bond acceptors (Lipinski definition) is 4. The third kappa shape index (κ3) is 2.59. The van der Waals surface area contributed by atoms with Gasteiger partial charge in [0.1, 0.15) is 0 Å². The highest BCUT2D eigenvalue weighted by Gasteiger charge is 2.32. The summed E-state index contributed by atoms with van der Waals surface area (Å²) < 4.78 is 0. The average molecular weight is 277 g/mol. The maximum atomic E-state index is 12.6. The van der Waals surface area contributed by atoms with Gasteiger partial charge < -0.3 is 10.2 Å². The standard InChI is InChI=1S/C14H19N3O3/c1-9-6-10(2)16(8-9)14(18)12-7-11(17(19)20)4-5-13(12)15-3/h4-5,7,9-10,15H,6,8H2,1-3H3. The fourth-order valence-corrected chi connectivity index (χ4v) is 2.78. The zero-order valence-electron chi connectivity index (χ0n) is 11.9. The fraction of sp³-hybridized carbons (Fsp3) is 0.500. The third-order valence-corrected chi connectivity index (χ3v) is 3.76. The molecule has 1 aromatic rings. The van der Waals surface area contributed by atoms with Gasteiger partial charge in [0.2, 0.25) is 0 Å². The summed E-state index contributed by atoms with van der Waals surface area (Å²) >= 11 is 0. The van der Waals surface area contributed by atoms with E-state index in [1.807, 2.05) is 6.92 Å². The number of anilines is 1. The van der Waals surface area contributed by atoms with Crippen molar-refractivity contribution in [1.82, 2.24) is 4.90 Å². The van der Waals surface area contributed by atoms with Gasteiger partial charge in [-0.3, -0.25) is 14.9 Å². The molecule has 6 heteroatoms. The Morgan fingerprint density at radius 2 is 2.15 bits per heavy atom. The molecule has 0 bridgehead atoms. The number of carbonyl (C=O) groups excluding carboxylic acids is 1. The molecule has 1 aliphatic heterocycles. The van der Waals surface area contributed by atoms with E-state index in [4.69, 9.17) is 0 Å². The molecule has 1 fully saturated rings. The number of carbonyl (C=O) groups is 1. The lowest BCUT2D eigenvalue weighted by Gasteiger charge is -2.22. The molecule has 2 atom stereocenters. The molecule has 0 radical (unpaired) electrons. The van der Waals surface area contributed by atoms with Gasteiger partial charge in [-0.15, -0.1) is 0 Å². The van der Waals surface area contributed by atoms with Crippen molar-refractivity contribution in [2.24, 2.45) is 5.92 Å². The molecule has 6 nitrogen and oxygen atoms in total. The minimum atomic E-state index is -0.480. The van der Waals surface area contributed by atoms with E-state index in [2.05, 4.69) is 12.2 Å². The van der Waals surface area contributed by atoms with Gasteiger partial charge in [-0.05, 0) is 25.3 Å². The number of nitro groups is 1. The normalized spacial score (nSPS) is 21.9. The van der Waals surface area contributed by atoms with Crippen molar-refractivity contribution in [3.8, 4) is 0 Å². The Bertz CT molecular complexity index is 544. The smallest absolute Gasteiger partial charge is 0.270 e. The van der Waals surface area contributed by atoms with Crippen molar-refractivity contribution >= 4 is 17.3 Å². The zero-order chi connectivity index (χ0) is 14.9. The van der Waals surface area contributed by atoms with E-state index in [1.54, 1.807) is 18.0 Å². The van der Waals surface area contributed by atoms with Crippen LogP contribution in [0.15, 0.2) is 18.2 Å². The molecule has 108 valence electrons. The topological polar surface area (TPSA) is 75.5 Å². The second kappa shape index (κ2) is 5.48. The van der Waals surface area contributed by atoms with Crippen LogP contribution in [0.1, 0.15) is 30.6 Å². The summed E-state index contributed by atoms with van der Waals surface area (Å²) in [6, 6.07) is 4.50. The van der Waals surface area contributed by atoms with Crippen molar-refractivity contribution in [3.63, 3.8) is 0 Å². The van der Waals surface area contributed by atoms with Crippen molar-refractivity contribution in [1.29, 1.82) is 0 Å². The van der Waals surface area contributed by atoms with Crippen LogP contribution >= 0.6 is 0 Å². The van der Waals surface area contributed by atoms with Crippen LogP contribution in [-0.2, 0) is 0 Å². The largest absolute Gasteiger partial charge is 0.387 e. The lowest BCUT2D eigenvalue weighted by atomic mass is 10.1. The van der Waals surface area contributed by atoms with E-state index in [1.165, 1.54) is 12.1 Å². The van der Waals surface area contributed by atoms with Crippen LogP contribution < -0.4 is 5.32 Å². The maximum absolute atomic E-state index is 12.6. The second-order valence-corrected chi connectivity index (χ2v) is 5.38. The first-order chi connectivity index (χ1) is 9.43. The molecule has 1 aromatic carbocycles. The maximum Gasteiger partial charge on any atom is 0.270 e. The van der Waals surface area contributed by atoms with Crippen LogP contribution in [0.2, 0.25) is 0 Å². The molecule has 1 amide bonds. The Morgan fingerprint density at radius 1 is 1.45 bits per heavy atom. The number of hydrogen-bond donors (Lipinski definition) is 1. The number of nitrogens with zero attached hydrogens (tertiary/aromatic N) is 2. The molecule has 2 unspecified atom stereocenters. The lowest BCUT2D eigenvalue weighted by molar-refractivity contribution is -0.384. The number of nitro benzene ring substituents is 1. The van der Waals surface area contributed by atoms with E-state index in [0.717, 1.165) is 6.42 Å². The van der Waals surface area contributed by atoms with Crippen LogP contribution in [0.4, 0.5) is 11.4 Å². The van der Waals surface area contributed by atoms with Gasteiger partial charge in [-0.2, -0.15) is 0 Å². The first kappa shape index (κ1) is 14.3. The average Bonchev–Trinajstić information content (AvgIpc) is 2.76. The molecule has 0 aliphatic carbocycles. The molecule has 1 heterocycles. The number of rotatable bonds is 3. The highest BCUT2D eigenvalue weighted by atomic mass is 16.6. The summed E-state index contributed by atoms with van der Waals surface area (Å²) in [4.78, 5) is 24.8. The van der Waals surface area contributed by atoms with E-state index >= 15 is 0 Å². The van der Waals surface area contributed by atoms with E-state index in [0.29, 0.717) is 23.7 Å². The fourth-order valence-electron chi connectivity index (χ4n) is 2.78. The molecule has 1 aliphatic rings. The molecule has 0 saturated carbocycles. The van der Waals surface area contributed by atoms with Gasteiger partial charge >= 0.3 is 0 Å². The Morgan fingerprint density at radius 3 is 2.65 bits per heavy atom. The van der Waals surface area contributed by atoms with E-state index < -0.39 is 4.92 Å². The summed E-state index contributed by atoms with van der Waals surface area (Å²) in [6.07, 6.45) is 0.968. The van der Waals surface area contributed by atoms with E-state index in [-0.39, 0.29) is 17.6 Å². The molecule has 0 spiro atoms. The van der Waals surface area contributed by atoms with Gasteiger partial charge in [0.15, 0.2) is 0 Å². The highest BCUT2D eigenvalue weighted by molar-refractivity contribution is 6.00. The number of likely N-dealkylation sites (tertiary alicyclic amines) is 1. The van der Waals surface area contributed by atoms with Crippen LogP contribution in [0, 0.1) is 16.0 Å². The van der Waals surface area contributed by atoms with Crippen LogP contribution in [0.25, 0.3) is 0 Å². The monoisotopic (exact) mass is 277 g/mol. The Labute approximate surface area is 117 Å². The van der Waals surface area contributed by atoms with Crippen LogP contribution in [0.5, 0.6) is 0 Å². The molecule has 1 saturated heterocycles. The first-order valence-electron chi connectivity index (χ1n) is 6.71. The number of benzene rings is 1. The quantitative estimate of drug-likeness (QED) is 0.680. The molecular formula is C14H19N3O3. The summed E-state index contributed by atoms with van der Waals surface area (Å²) in [6.45, 7) is 4.82. The van der Waals surface area contributed by atoms with Crippen LogP contribution in [-0.4, -0.2) is 35.4 Å². The van der Waals surface area contributed by atoms with Crippen molar-refractivity contribution in [2.45, 2.75) is 26.3 Å². The molecule has 20 heavy (non-hydrogen) atoms. The number of amides is 1. The van der Waals surface area contributed by atoms with Crippen molar-refractivity contribution in [3.05, 3.63) is 33.9 Å². The molecule has 2 rings (SSSR count). The highest BCUT2D eigenvalue weighted by Crippen LogP contribution is 2.28.